The third kappa shape index (κ3) is 5.14. The van der Waals surface area contributed by atoms with E-state index in [9.17, 15) is 22.8 Å². The molecule has 3 aromatic rings. The smallest absolute Gasteiger partial charge is 0.465 e. The number of anilines is 2. The van der Waals surface area contributed by atoms with Crippen molar-refractivity contribution in [1.29, 1.82) is 0 Å². The Kier molecular flexibility index (Phi) is 6.58. The number of morpholine rings is 1. The van der Waals surface area contributed by atoms with E-state index in [1.54, 1.807) is 35.1 Å². The second kappa shape index (κ2) is 9.84. The first-order chi connectivity index (χ1) is 17.7. The minimum absolute atomic E-state index is 0.0311. The zero-order valence-corrected chi connectivity index (χ0v) is 19.6. The van der Waals surface area contributed by atoms with Crippen LogP contribution < -0.4 is 10.2 Å². The molecule has 4 heterocycles. The van der Waals surface area contributed by atoms with Gasteiger partial charge in [0.1, 0.15) is 5.82 Å². The molecular weight excluding hydrogens is 495 g/mol. The molecule has 2 N–H and O–H groups in total. The molecule has 2 amide bonds. The summed E-state index contributed by atoms with van der Waals surface area (Å²) in [5.41, 5.74) is 1.60. The fraction of sp³-hybridized carbons (Fsp3) is 0.435. The topological polar surface area (TPSA) is 126 Å². The first-order valence-electron chi connectivity index (χ1n) is 11.7. The number of carboxylic acid groups (broad SMARTS) is 1. The van der Waals surface area contributed by atoms with Crippen LogP contribution in [0, 0.1) is 0 Å². The van der Waals surface area contributed by atoms with E-state index >= 15 is 0 Å². The monoisotopic (exact) mass is 519 g/mol. The third-order valence-corrected chi connectivity index (χ3v) is 6.48. The Hall–Kier alpha value is -3.94. The zero-order valence-electron chi connectivity index (χ0n) is 19.6. The molecule has 5 rings (SSSR count). The van der Waals surface area contributed by atoms with Gasteiger partial charge in [-0.15, -0.1) is 0 Å². The van der Waals surface area contributed by atoms with E-state index in [0.717, 1.165) is 4.90 Å². The highest BCUT2D eigenvalue weighted by atomic mass is 19.4. The van der Waals surface area contributed by atoms with Gasteiger partial charge in [0.05, 0.1) is 30.8 Å². The fourth-order valence-corrected chi connectivity index (χ4v) is 4.64. The molecule has 2 saturated heterocycles. The van der Waals surface area contributed by atoms with E-state index in [1.807, 2.05) is 0 Å². The number of amides is 2. The molecule has 0 atom stereocenters. The van der Waals surface area contributed by atoms with Gasteiger partial charge < -0.3 is 19.6 Å². The average Bonchev–Trinajstić information content (AvgIpc) is 3.32. The molecule has 2 aliphatic rings. The zero-order chi connectivity index (χ0) is 26.2. The highest BCUT2D eigenvalue weighted by Gasteiger charge is 2.43. The molecule has 0 aliphatic carbocycles. The van der Waals surface area contributed by atoms with Gasteiger partial charge in [-0.05, 0) is 37.1 Å². The first-order valence-corrected chi connectivity index (χ1v) is 11.7. The lowest BCUT2D eigenvalue weighted by Gasteiger charge is -2.32. The van der Waals surface area contributed by atoms with Crippen LogP contribution in [0.5, 0.6) is 0 Å². The SMILES string of the molecule is O=C(O)Nc1ccc(-c2nc(N3CCOCC3)c3cnn(C4CCN(C(=O)C(F)(F)F)CC4)c3n2)cc1. The lowest BCUT2D eigenvalue weighted by Crippen LogP contribution is -2.45. The molecule has 0 radical (unpaired) electrons. The predicted octanol–water partition coefficient (Wildman–Crippen LogP) is 3.15. The molecular formula is C23H24F3N7O4. The number of rotatable bonds is 4. The largest absolute Gasteiger partial charge is 0.471 e. The Bertz CT molecular complexity index is 1300. The maximum absolute atomic E-state index is 12.9. The van der Waals surface area contributed by atoms with Gasteiger partial charge in [0.25, 0.3) is 0 Å². The van der Waals surface area contributed by atoms with Crippen molar-refractivity contribution < 1.29 is 32.6 Å². The van der Waals surface area contributed by atoms with Crippen LogP contribution in [0.25, 0.3) is 22.4 Å². The second-order valence-electron chi connectivity index (χ2n) is 8.83. The molecule has 0 unspecified atom stereocenters. The number of aromatic nitrogens is 4. The molecule has 0 bridgehead atoms. The Balaban J connectivity index is 1.49. The Morgan fingerprint density at radius 1 is 1.03 bits per heavy atom. The molecule has 1 aromatic carbocycles. The molecule has 2 fully saturated rings. The summed E-state index contributed by atoms with van der Waals surface area (Å²) in [5.74, 6) is -0.745. The standard InChI is InChI=1S/C23H24F3N7O4/c24-23(25,26)21(34)32-7-5-16(6-8-32)33-20-17(13-27-33)19(31-9-11-37-12-10-31)29-18(30-20)14-1-3-15(4-2-14)28-22(35)36/h1-4,13,16,28H,5-12H2,(H,35,36). The van der Waals surface area contributed by atoms with Crippen LogP contribution in [-0.4, -0.2) is 87.3 Å². The van der Waals surface area contributed by atoms with Crippen molar-refractivity contribution in [3.8, 4) is 11.4 Å². The maximum Gasteiger partial charge on any atom is 0.471 e. The van der Waals surface area contributed by atoms with Crippen molar-refractivity contribution in [3.63, 3.8) is 0 Å². The van der Waals surface area contributed by atoms with E-state index in [2.05, 4.69) is 15.3 Å². The number of carbonyl (C=O) groups excluding carboxylic acids is 1. The van der Waals surface area contributed by atoms with E-state index in [-0.39, 0.29) is 19.1 Å². The summed E-state index contributed by atoms with van der Waals surface area (Å²) in [6.45, 7) is 2.26. The minimum atomic E-state index is -4.89. The van der Waals surface area contributed by atoms with Gasteiger partial charge in [-0.3, -0.25) is 10.1 Å². The van der Waals surface area contributed by atoms with Gasteiger partial charge in [0.2, 0.25) is 0 Å². The van der Waals surface area contributed by atoms with Gasteiger partial charge in [-0.2, -0.15) is 18.3 Å². The highest BCUT2D eigenvalue weighted by molar-refractivity contribution is 5.89. The van der Waals surface area contributed by atoms with Crippen LogP contribution in [-0.2, 0) is 9.53 Å². The number of alkyl halides is 3. The van der Waals surface area contributed by atoms with Crippen molar-refractivity contribution in [1.82, 2.24) is 24.6 Å². The number of piperidine rings is 1. The Labute approximate surface area is 208 Å². The van der Waals surface area contributed by atoms with Crippen LogP contribution in [0.2, 0.25) is 0 Å². The van der Waals surface area contributed by atoms with Gasteiger partial charge in [0.15, 0.2) is 11.5 Å². The third-order valence-electron chi connectivity index (χ3n) is 6.48. The quantitative estimate of drug-likeness (QED) is 0.539. The predicted molar refractivity (Wildman–Crippen MR) is 126 cm³/mol. The number of carbonyl (C=O) groups is 2. The number of benzene rings is 1. The number of hydrogen-bond acceptors (Lipinski definition) is 7. The van der Waals surface area contributed by atoms with Gasteiger partial charge in [0, 0.05) is 37.4 Å². The number of hydrogen-bond donors (Lipinski definition) is 2. The van der Waals surface area contributed by atoms with Crippen molar-refractivity contribution in [2.45, 2.75) is 25.1 Å². The molecule has 37 heavy (non-hydrogen) atoms. The Morgan fingerprint density at radius 2 is 1.70 bits per heavy atom. The van der Waals surface area contributed by atoms with Crippen LogP contribution >= 0.6 is 0 Å². The van der Waals surface area contributed by atoms with E-state index in [4.69, 9.17) is 19.8 Å². The summed E-state index contributed by atoms with van der Waals surface area (Å²) in [7, 11) is 0. The molecule has 11 nitrogen and oxygen atoms in total. The molecule has 0 saturated carbocycles. The maximum atomic E-state index is 12.9. The van der Waals surface area contributed by atoms with Crippen molar-refractivity contribution in [2.24, 2.45) is 0 Å². The van der Waals surface area contributed by atoms with Gasteiger partial charge in [-0.25, -0.2) is 19.4 Å². The van der Waals surface area contributed by atoms with Gasteiger partial charge in [-0.1, -0.05) is 0 Å². The number of likely N-dealkylation sites (tertiary alicyclic amines) is 1. The molecule has 2 aromatic heterocycles. The summed E-state index contributed by atoms with van der Waals surface area (Å²) in [4.78, 5) is 35.0. The fourth-order valence-electron chi connectivity index (χ4n) is 4.64. The van der Waals surface area contributed by atoms with E-state index in [0.29, 0.717) is 73.1 Å². The Morgan fingerprint density at radius 3 is 2.32 bits per heavy atom. The number of nitrogens with zero attached hydrogens (tertiary/aromatic N) is 6. The second-order valence-corrected chi connectivity index (χ2v) is 8.83. The van der Waals surface area contributed by atoms with Crippen LogP contribution in [0.3, 0.4) is 0 Å². The summed E-state index contributed by atoms with van der Waals surface area (Å²) in [6.07, 6.45) is -3.79. The van der Waals surface area contributed by atoms with Crippen LogP contribution in [0.4, 0.5) is 29.5 Å². The lowest BCUT2D eigenvalue weighted by molar-refractivity contribution is -0.186. The number of ether oxygens (including phenoxy) is 1. The summed E-state index contributed by atoms with van der Waals surface area (Å²) in [6, 6.07) is 6.39. The summed E-state index contributed by atoms with van der Waals surface area (Å²) in [5, 5.41) is 16.5. The van der Waals surface area contributed by atoms with Crippen molar-refractivity contribution in [3.05, 3.63) is 30.5 Å². The summed E-state index contributed by atoms with van der Waals surface area (Å²) < 4.78 is 45.7. The number of halogens is 3. The van der Waals surface area contributed by atoms with Crippen molar-refractivity contribution in [2.75, 3.05) is 49.6 Å². The number of nitrogens with one attached hydrogen (secondary N) is 1. The van der Waals surface area contributed by atoms with Crippen LogP contribution in [0.15, 0.2) is 30.5 Å². The normalized spacial score (nSPS) is 17.3. The van der Waals surface area contributed by atoms with E-state index in [1.165, 1.54) is 0 Å². The first kappa shape index (κ1) is 24.7. The van der Waals surface area contributed by atoms with Gasteiger partial charge >= 0.3 is 18.2 Å². The minimum Gasteiger partial charge on any atom is -0.465 e. The lowest BCUT2D eigenvalue weighted by atomic mass is 10.1. The molecule has 2 aliphatic heterocycles. The average molecular weight is 519 g/mol. The van der Waals surface area contributed by atoms with Crippen molar-refractivity contribution >= 4 is 34.5 Å². The number of fused-ring (bicyclic) bond motifs is 1. The molecule has 0 spiro atoms. The highest BCUT2D eigenvalue weighted by Crippen LogP contribution is 2.33. The van der Waals surface area contributed by atoms with E-state index < -0.39 is 18.2 Å². The van der Waals surface area contributed by atoms with Crippen LogP contribution in [0.1, 0.15) is 18.9 Å². The molecule has 14 heteroatoms. The summed E-state index contributed by atoms with van der Waals surface area (Å²) >= 11 is 0. The molecule has 196 valence electrons.